The Morgan fingerprint density at radius 2 is 1.03 bits per heavy atom. The molecule has 0 atom stereocenters. The van der Waals surface area contributed by atoms with Crippen LogP contribution < -0.4 is 0 Å². The van der Waals surface area contributed by atoms with Crippen molar-refractivity contribution in [3.63, 3.8) is 0 Å². The van der Waals surface area contributed by atoms with Gasteiger partial charge in [-0.05, 0) is 22.5 Å². The maximum Gasteiger partial charge on any atom is 0.322 e. The molecule has 0 unspecified atom stereocenters. The zero-order valence-electron chi connectivity index (χ0n) is 22.5. The average molecular weight is 521 g/mol. The Kier molecular flexibility index (Phi) is 16.7. The van der Waals surface area contributed by atoms with E-state index in [2.05, 4.69) is 62.3 Å². The fraction of sp³-hybridized carbons (Fsp3) is 0.957. The first-order valence-corrected chi connectivity index (χ1v) is 15.7. The Balaban J connectivity index is 4.35. The fourth-order valence-electron chi connectivity index (χ4n) is 2.47. The van der Waals surface area contributed by atoms with Crippen LogP contribution >= 0.6 is 0 Å². The molecule has 0 aliphatic heterocycles. The van der Waals surface area contributed by atoms with E-state index in [0.29, 0.717) is 65.8 Å². The molecule has 7 nitrogen and oxygen atoms in total. The molecule has 33 heavy (non-hydrogen) atoms. The summed E-state index contributed by atoms with van der Waals surface area (Å²) in [5, 5.41) is 0.223. The van der Waals surface area contributed by atoms with Gasteiger partial charge in [-0.25, -0.2) is 0 Å². The van der Waals surface area contributed by atoms with Crippen LogP contribution in [0.25, 0.3) is 0 Å². The smallest absolute Gasteiger partial charge is 0.322 e. The summed E-state index contributed by atoms with van der Waals surface area (Å²) < 4.78 is 35.1. The molecule has 0 bridgehead atoms. The molecule has 4 radical (unpaired) electrons. The van der Waals surface area contributed by atoms with E-state index < -0.39 is 8.56 Å². The Labute approximate surface area is 209 Å². The molecule has 0 aliphatic carbocycles. The van der Waals surface area contributed by atoms with Gasteiger partial charge in [0.1, 0.15) is 12.9 Å². The molecule has 0 spiro atoms. The molecule has 0 rings (SSSR count). The minimum atomic E-state index is -2.45. The largest absolute Gasteiger partial charge is 0.435 e. The highest BCUT2D eigenvalue weighted by molar-refractivity contribution is 6.78. The first-order valence-electron chi connectivity index (χ1n) is 11.9. The lowest BCUT2D eigenvalue weighted by Crippen LogP contribution is -2.53. The predicted octanol–water partition coefficient (Wildman–Crippen LogP) is 4.59. The van der Waals surface area contributed by atoms with Gasteiger partial charge in [0.05, 0.1) is 39.6 Å². The van der Waals surface area contributed by atoms with Crippen molar-refractivity contribution in [2.24, 2.45) is 0 Å². The van der Waals surface area contributed by atoms with Crippen molar-refractivity contribution in [3.8, 4) is 0 Å². The molecule has 0 N–H and O–H groups in total. The highest BCUT2D eigenvalue weighted by Crippen LogP contribution is 2.43. The SMILES string of the molecule is CC(C)(C)[Si]O[Si](CCCOCCOCCOCCOCC=O)(O[Si]C(C)(C)C)C(C)(C)C. The Bertz CT molecular complexity index is 482. The zero-order valence-corrected chi connectivity index (χ0v) is 25.5. The third-order valence-corrected chi connectivity index (χ3v) is 12.3. The maximum atomic E-state index is 10.1. The number of hydrogen-bond donors (Lipinski definition) is 0. The summed E-state index contributed by atoms with van der Waals surface area (Å²) in [5.74, 6) is 0. The van der Waals surface area contributed by atoms with Crippen molar-refractivity contribution < 1.29 is 32.0 Å². The number of ether oxygens (including phenoxy) is 4. The van der Waals surface area contributed by atoms with Crippen molar-refractivity contribution in [1.29, 1.82) is 0 Å². The second kappa shape index (κ2) is 16.7. The minimum absolute atomic E-state index is 0.0229. The summed E-state index contributed by atoms with van der Waals surface area (Å²) in [6.45, 7) is 23.8. The fourth-order valence-corrected chi connectivity index (χ4v) is 11.4. The van der Waals surface area contributed by atoms with Gasteiger partial charge in [0.2, 0.25) is 19.5 Å². The van der Waals surface area contributed by atoms with Crippen molar-refractivity contribution in [2.75, 3.05) is 52.9 Å². The Hall–Kier alpha value is 0.0806. The third kappa shape index (κ3) is 18.1. The lowest BCUT2D eigenvalue weighted by atomic mass is 10.2. The van der Waals surface area contributed by atoms with Crippen LogP contribution in [0.4, 0.5) is 0 Å². The second-order valence-corrected chi connectivity index (χ2v) is 19.6. The summed E-state index contributed by atoms with van der Waals surface area (Å²) in [6.07, 6.45) is 1.64. The molecule has 0 heterocycles. The summed E-state index contributed by atoms with van der Waals surface area (Å²) in [4.78, 5) is 10.1. The first kappa shape index (κ1) is 33.1. The van der Waals surface area contributed by atoms with Crippen LogP contribution in [0.2, 0.25) is 21.2 Å². The molecular weight excluding hydrogens is 473 g/mol. The lowest BCUT2D eigenvalue weighted by Gasteiger charge is -2.44. The van der Waals surface area contributed by atoms with Gasteiger partial charge in [-0.1, -0.05) is 62.3 Å². The number of carbonyl (C=O) groups excluding carboxylic acids is 1. The molecule has 0 saturated carbocycles. The monoisotopic (exact) mass is 520 g/mol. The van der Waals surface area contributed by atoms with Crippen molar-refractivity contribution in [3.05, 3.63) is 0 Å². The third-order valence-electron chi connectivity index (χ3n) is 4.28. The van der Waals surface area contributed by atoms with Gasteiger partial charge in [-0.2, -0.15) is 0 Å². The van der Waals surface area contributed by atoms with Crippen molar-refractivity contribution in [1.82, 2.24) is 0 Å². The quantitative estimate of drug-likeness (QED) is 0.140. The van der Waals surface area contributed by atoms with Crippen LogP contribution in [0.1, 0.15) is 68.7 Å². The molecule has 0 fully saturated rings. The molecule has 0 saturated heterocycles. The van der Waals surface area contributed by atoms with Crippen LogP contribution in [-0.4, -0.2) is 87.2 Å². The molecule has 0 aromatic rings. The van der Waals surface area contributed by atoms with Crippen LogP contribution in [0.3, 0.4) is 0 Å². The van der Waals surface area contributed by atoms with Crippen molar-refractivity contribution >= 4 is 34.4 Å². The molecule has 0 aliphatic rings. The molecule has 10 heteroatoms. The topological polar surface area (TPSA) is 72.5 Å². The van der Waals surface area contributed by atoms with Crippen LogP contribution in [0, 0.1) is 0 Å². The predicted molar refractivity (Wildman–Crippen MR) is 137 cm³/mol. The summed E-state index contributed by atoms with van der Waals surface area (Å²) in [5.41, 5.74) is 0. The van der Waals surface area contributed by atoms with Gasteiger partial charge in [0.25, 0.3) is 0 Å². The normalized spacial score (nSPS) is 13.5. The Morgan fingerprint density at radius 3 is 1.39 bits per heavy atom. The van der Waals surface area contributed by atoms with Crippen LogP contribution in [0.15, 0.2) is 0 Å². The van der Waals surface area contributed by atoms with E-state index in [4.69, 9.17) is 27.2 Å². The molecule has 0 aromatic carbocycles. The van der Waals surface area contributed by atoms with Crippen LogP contribution in [-0.2, 0) is 32.0 Å². The number of hydrogen-bond acceptors (Lipinski definition) is 7. The van der Waals surface area contributed by atoms with E-state index in [1.807, 2.05) is 0 Å². The van der Waals surface area contributed by atoms with Crippen molar-refractivity contribution in [2.45, 2.75) is 89.9 Å². The van der Waals surface area contributed by atoms with Gasteiger partial charge < -0.3 is 32.0 Å². The molecule has 0 aromatic heterocycles. The summed E-state index contributed by atoms with van der Waals surface area (Å²) in [7, 11) is -1.62. The van der Waals surface area contributed by atoms with Crippen LogP contribution in [0.5, 0.6) is 0 Å². The van der Waals surface area contributed by atoms with E-state index in [-0.39, 0.29) is 21.7 Å². The van der Waals surface area contributed by atoms with Gasteiger partial charge in [-0.3, -0.25) is 0 Å². The number of carbonyl (C=O) groups is 1. The van der Waals surface area contributed by atoms with Gasteiger partial charge in [0, 0.05) is 11.6 Å². The van der Waals surface area contributed by atoms with E-state index in [9.17, 15) is 4.79 Å². The summed E-state index contributed by atoms with van der Waals surface area (Å²) >= 11 is 0. The zero-order chi connectivity index (χ0) is 25.4. The van der Waals surface area contributed by atoms with Gasteiger partial charge in [0.15, 0.2) is 0 Å². The van der Waals surface area contributed by atoms with E-state index in [1.54, 1.807) is 0 Å². The second-order valence-electron chi connectivity index (χ2n) is 11.1. The maximum absolute atomic E-state index is 10.1. The van der Waals surface area contributed by atoms with Gasteiger partial charge in [-0.15, -0.1) is 0 Å². The average Bonchev–Trinajstić information content (AvgIpc) is 2.67. The highest BCUT2D eigenvalue weighted by atomic mass is 28.4. The standard InChI is InChI=1S/C23H48O7Si3/c1-21(2,3)31-29-33(23(7,8)9,30-32-22(4,5)6)20-10-12-25-14-16-27-18-19-28-17-15-26-13-11-24/h11H,10,12-20H2,1-9H3. The van der Waals surface area contributed by atoms with Gasteiger partial charge >= 0.3 is 8.56 Å². The lowest BCUT2D eigenvalue weighted by molar-refractivity contribution is -0.112. The summed E-state index contributed by atoms with van der Waals surface area (Å²) in [6, 6.07) is 0.920. The Morgan fingerprint density at radius 1 is 0.636 bits per heavy atom. The van der Waals surface area contributed by atoms with E-state index >= 15 is 0 Å². The van der Waals surface area contributed by atoms with E-state index in [1.165, 1.54) is 0 Å². The highest BCUT2D eigenvalue weighted by Gasteiger charge is 2.49. The molecular formula is C23H48O7Si3. The minimum Gasteiger partial charge on any atom is -0.435 e. The first-order chi connectivity index (χ1) is 15.2. The van der Waals surface area contributed by atoms with E-state index in [0.717, 1.165) is 18.8 Å². The molecule has 194 valence electrons. The molecule has 0 amide bonds. The number of aldehydes is 1. The number of rotatable bonds is 19.